The molecular formula is C14H11ClO3. The van der Waals surface area contributed by atoms with Crippen LogP contribution in [0, 0.1) is 6.92 Å². The molecule has 0 fully saturated rings. The molecule has 4 heteroatoms. The molecule has 0 aliphatic carbocycles. The van der Waals surface area contributed by atoms with Crippen molar-refractivity contribution in [2.45, 2.75) is 13.0 Å². The highest BCUT2D eigenvalue weighted by atomic mass is 35.5. The first kappa shape index (κ1) is 11.4. The Labute approximate surface area is 109 Å². The van der Waals surface area contributed by atoms with Gasteiger partial charge < -0.3 is 13.9 Å². The van der Waals surface area contributed by atoms with E-state index in [4.69, 9.17) is 20.4 Å². The Bertz CT molecular complexity index is 696. The van der Waals surface area contributed by atoms with E-state index in [1.165, 1.54) is 0 Å². The summed E-state index contributed by atoms with van der Waals surface area (Å²) in [5, 5.41) is 11.6. The quantitative estimate of drug-likeness (QED) is 0.757. The van der Waals surface area contributed by atoms with Crippen LogP contribution >= 0.6 is 11.6 Å². The van der Waals surface area contributed by atoms with Crippen molar-refractivity contribution in [3.05, 3.63) is 58.7 Å². The van der Waals surface area contributed by atoms with Crippen molar-refractivity contribution >= 4 is 22.6 Å². The molecule has 0 radical (unpaired) electrons. The van der Waals surface area contributed by atoms with Gasteiger partial charge in [-0.05, 0) is 31.2 Å². The zero-order valence-corrected chi connectivity index (χ0v) is 10.4. The molecule has 0 bridgehead atoms. The molecule has 0 saturated heterocycles. The number of hydrogen-bond donors (Lipinski definition) is 1. The Kier molecular flexibility index (Phi) is 2.65. The van der Waals surface area contributed by atoms with Gasteiger partial charge in [0.25, 0.3) is 0 Å². The van der Waals surface area contributed by atoms with Crippen molar-refractivity contribution in [3.8, 4) is 0 Å². The van der Waals surface area contributed by atoms with Gasteiger partial charge >= 0.3 is 0 Å². The number of aliphatic hydroxyl groups is 1. The highest BCUT2D eigenvalue weighted by molar-refractivity contribution is 6.34. The minimum atomic E-state index is -0.915. The third-order valence-corrected chi connectivity index (χ3v) is 3.11. The van der Waals surface area contributed by atoms with Crippen molar-refractivity contribution in [2.24, 2.45) is 0 Å². The van der Waals surface area contributed by atoms with E-state index in [0.29, 0.717) is 22.1 Å². The van der Waals surface area contributed by atoms with Crippen LogP contribution in [0.25, 0.3) is 11.0 Å². The highest BCUT2D eigenvalue weighted by Crippen LogP contribution is 2.32. The van der Waals surface area contributed by atoms with E-state index < -0.39 is 6.10 Å². The summed E-state index contributed by atoms with van der Waals surface area (Å²) in [5.74, 6) is 1.63. The average molecular weight is 263 g/mol. The van der Waals surface area contributed by atoms with Gasteiger partial charge in [-0.2, -0.15) is 0 Å². The normalized spacial score (nSPS) is 13.1. The molecule has 2 heterocycles. The van der Waals surface area contributed by atoms with Crippen molar-refractivity contribution in [1.29, 1.82) is 0 Å². The topological polar surface area (TPSA) is 46.5 Å². The van der Waals surface area contributed by atoms with Crippen LogP contribution in [0.15, 0.2) is 45.2 Å². The number of aliphatic hydroxyl groups excluding tert-OH is 1. The van der Waals surface area contributed by atoms with Crippen molar-refractivity contribution in [2.75, 3.05) is 0 Å². The monoisotopic (exact) mass is 262 g/mol. The lowest BCUT2D eigenvalue weighted by Crippen LogP contribution is -1.95. The van der Waals surface area contributed by atoms with Gasteiger partial charge in [0.15, 0.2) is 11.7 Å². The molecule has 1 aromatic carbocycles. The molecule has 3 nitrogen and oxygen atoms in total. The SMILES string of the molecule is Cc1ccc(C(O)c2cc3cccc(Cl)c3o2)o1. The Balaban J connectivity index is 2.06. The van der Waals surface area contributed by atoms with Crippen molar-refractivity contribution in [3.63, 3.8) is 0 Å². The number of rotatable bonds is 2. The summed E-state index contributed by atoms with van der Waals surface area (Å²) in [6.07, 6.45) is -0.915. The molecule has 0 aliphatic heterocycles. The van der Waals surface area contributed by atoms with E-state index in [-0.39, 0.29) is 0 Å². The maximum Gasteiger partial charge on any atom is 0.169 e. The third kappa shape index (κ3) is 1.82. The fraction of sp³-hybridized carbons (Fsp3) is 0.143. The van der Waals surface area contributed by atoms with E-state index >= 15 is 0 Å². The number of aryl methyl sites for hydroxylation is 1. The first-order chi connectivity index (χ1) is 8.65. The van der Waals surface area contributed by atoms with Gasteiger partial charge in [0.05, 0.1) is 5.02 Å². The first-order valence-electron chi connectivity index (χ1n) is 5.57. The van der Waals surface area contributed by atoms with Gasteiger partial charge in [0.1, 0.15) is 17.3 Å². The lowest BCUT2D eigenvalue weighted by molar-refractivity contribution is 0.163. The van der Waals surface area contributed by atoms with Crippen molar-refractivity contribution in [1.82, 2.24) is 0 Å². The van der Waals surface area contributed by atoms with Gasteiger partial charge in [-0.3, -0.25) is 0 Å². The van der Waals surface area contributed by atoms with Gasteiger partial charge in [-0.1, -0.05) is 23.7 Å². The summed E-state index contributed by atoms with van der Waals surface area (Å²) in [5.41, 5.74) is 0.580. The van der Waals surface area contributed by atoms with Gasteiger partial charge in [-0.15, -0.1) is 0 Å². The van der Waals surface area contributed by atoms with E-state index in [1.54, 1.807) is 24.3 Å². The Morgan fingerprint density at radius 3 is 2.61 bits per heavy atom. The number of furan rings is 2. The summed E-state index contributed by atoms with van der Waals surface area (Å²) in [6.45, 7) is 1.83. The molecule has 1 N–H and O–H groups in total. The van der Waals surface area contributed by atoms with E-state index in [0.717, 1.165) is 11.1 Å². The second kappa shape index (κ2) is 4.19. The highest BCUT2D eigenvalue weighted by Gasteiger charge is 2.19. The van der Waals surface area contributed by atoms with Crippen LogP contribution in [0.1, 0.15) is 23.4 Å². The zero-order chi connectivity index (χ0) is 12.7. The standard InChI is InChI=1S/C14H11ClO3/c1-8-5-6-11(17-8)13(16)12-7-9-3-2-4-10(15)14(9)18-12/h2-7,13,16H,1H3. The Morgan fingerprint density at radius 2 is 1.94 bits per heavy atom. The van der Waals surface area contributed by atoms with Crippen LogP contribution in [0.3, 0.4) is 0 Å². The molecule has 92 valence electrons. The fourth-order valence-electron chi connectivity index (χ4n) is 1.92. The van der Waals surface area contributed by atoms with Gasteiger partial charge in [-0.25, -0.2) is 0 Å². The fourth-order valence-corrected chi connectivity index (χ4v) is 2.14. The first-order valence-corrected chi connectivity index (χ1v) is 5.95. The molecule has 18 heavy (non-hydrogen) atoms. The summed E-state index contributed by atoms with van der Waals surface area (Å²) in [6, 6.07) is 10.8. The summed E-state index contributed by atoms with van der Waals surface area (Å²) in [4.78, 5) is 0. The maximum absolute atomic E-state index is 10.2. The molecule has 0 aliphatic rings. The van der Waals surface area contributed by atoms with E-state index in [9.17, 15) is 5.11 Å². The number of fused-ring (bicyclic) bond motifs is 1. The Morgan fingerprint density at radius 1 is 1.11 bits per heavy atom. The third-order valence-electron chi connectivity index (χ3n) is 2.82. The van der Waals surface area contributed by atoms with Crippen LogP contribution in [0.2, 0.25) is 5.02 Å². The van der Waals surface area contributed by atoms with Gasteiger partial charge in [0.2, 0.25) is 0 Å². The van der Waals surface area contributed by atoms with Crippen LogP contribution < -0.4 is 0 Å². The van der Waals surface area contributed by atoms with E-state index in [2.05, 4.69) is 0 Å². The van der Waals surface area contributed by atoms with Crippen LogP contribution in [-0.4, -0.2) is 5.11 Å². The maximum atomic E-state index is 10.2. The molecule has 0 spiro atoms. The summed E-state index contributed by atoms with van der Waals surface area (Å²) < 4.78 is 11.0. The molecule has 3 rings (SSSR count). The molecule has 2 aromatic heterocycles. The number of hydrogen-bond acceptors (Lipinski definition) is 3. The molecule has 1 atom stereocenters. The molecule has 3 aromatic rings. The van der Waals surface area contributed by atoms with Crippen LogP contribution in [-0.2, 0) is 0 Å². The lowest BCUT2D eigenvalue weighted by atomic mass is 10.2. The number of para-hydroxylation sites is 1. The number of halogens is 1. The van der Waals surface area contributed by atoms with Crippen LogP contribution in [0.5, 0.6) is 0 Å². The second-order valence-electron chi connectivity index (χ2n) is 4.16. The lowest BCUT2D eigenvalue weighted by Gasteiger charge is -2.03. The summed E-state index contributed by atoms with van der Waals surface area (Å²) >= 11 is 6.03. The van der Waals surface area contributed by atoms with E-state index in [1.807, 2.05) is 19.1 Å². The molecular weight excluding hydrogens is 252 g/mol. The molecule has 0 amide bonds. The zero-order valence-electron chi connectivity index (χ0n) is 9.68. The number of benzene rings is 1. The largest absolute Gasteiger partial charge is 0.463 e. The predicted molar refractivity (Wildman–Crippen MR) is 68.7 cm³/mol. The van der Waals surface area contributed by atoms with Gasteiger partial charge in [0, 0.05) is 5.39 Å². The molecule has 0 saturated carbocycles. The average Bonchev–Trinajstić information content (AvgIpc) is 2.95. The second-order valence-corrected chi connectivity index (χ2v) is 4.57. The minimum Gasteiger partial charge on any atom is -0.463 e. The summed E-state index contributed by atoms with van der Waals surface area (Å²) in [7, 11) is 0. The Hall–Kier alpha value is -1.71. The smallest absolute Gasteiger partial charge is 0.169 e. The minimum absolute atomic E-state index is 0.424. The van der Waals surface area contributed by atoms with Crippen molar-refractivity contribution < 1.29 is 13.9 Å². The van der Waals surface area contributed by atoms with Crippen LogP contribution in [0.4, 0.5) is 0 Å². The molecule has 1 unspecified atom stereocenters. The predicted octanol–water partition coefficient (Wildman–Crippen LogP) is 4.07.